The molecule has 3 heteroatoms. The lowest BCUT2D eigenvalue weighted by Gasteiger charge is -2.05. The number of amidine groups is 1. The maximum atomic E-state index is 4.41. The van der Waals surface area contributed by atoms with Crippen LogP contribution in [0.25, 0.3) is 0 Å². The molecule has 0 atom stereocenters. The van der Waals surface area contributed by atoms with Crippen molar-refractivity contribution in [3.63, 3.8) is 0 Å². The molecule has 26 heavy (non-hydrogen) atoms. The number of allylic oxidation sites excluding steroid dienone is 2. The predicted octanol–water partition coefficient (Wildman–Crippen LogP) is 6.01. The third-order valence-corrected chi connectivity index (χ3v) is 5.15. The van der Waals surface area contributed by atoms with E-state index >= 15 is 0 Å². The molecule has 0 aromatic carbocycles. The van der Waals surface area contributed by atoms with Gasteiger partial charge >= 0.3 is 0 Å². The standard InChI is InChI=1S/C23H45N3/c1-2-3-4-5-6-7-8-9-10-11-12-13-14-15-16-17-19-24-20-18-23-25-21-22-26-23/h9-10,24H,2-8,11-22H2,1H3,(H,25,26)/b10-9-. The first-order chi connectivity index (χ1) is 12.9. The zero-order valence-electron chi connectivity index (χ0n) is 17.5. The van der Waals surface area contributed by atoms with E-state index in [1.54, 1.807) is 0 Å². The van der Waals surface area contributed by atoms with E-state index in [0.29, 0.717) is 0 Å². The molecule has 0 fully saturated rings. The summed E-state index contributed by atoms with van der Waals surface area (Å²) in [5, 5.41) is 6.85. The van der Waals surface area contributed by atoms with Crippen LogP contribution in [0, 0.1) is 0 Å². The van der Waals surface area contributed by atoms with E-state index in [9.17, 15) is 0 Å². The Morgan fingerprint density at radius 1 is 0.808 bits per heavy atom. The quantitative estimate of drug-likeness (QED) is 0.218. The minimum atomic E-state index is 0.963. The fourth-order valence-corrected chi connectivity index (χ4v) is 3.44. The Kier molecular flexibility index (Phi) is 16.9. The average Bonchev–Trinajstić information content (AvgIpc) is 3.17. The summed E-state index contributed by atoms with van der Waals surface area (Å²) in [4.78, 5) is 4.41. The normalized spacial score (nSPS) is 14.1. The number of hydrogen-bond acceptors (Lipinski definition) is 3. The van der Waals surface area contributed by atoms with Crippen LogP contribution in [-0.2, 0) is 0 Å². The summed E-state index contributed by atoms with van der Waals surface area (Å²) in [6, 6.07) is 0. The Morgan fingerprint density at radius 3 is 2.04 bits per heavy atom. The minimum absolute atomic E-state index is 0.963. The maximum Gasteiger partial charge on any atom is 0.0977 e. The summed E-state index contributed by atoms with van der Waals surface area (Å²) < 4.78 is 0. The van der Waals surface area contributed by atoms with Crippen molar-refractivity contribution in [3.8, 4) is 0 Å². The van der Waals surface area contributed by atoms with E-state index in [2.05, 4.69) is 34.7 Å². The lowest BCUT2D eigenvalue weighted by Crippen LogP contribution is -2.25. The van der Waals surface area contributed by atoms with Gasteiger partial charge in [-0.2, -0.15) is 0 Å². The summed E-state index contributed by atoms with van der Waals surface area (Å²) in [5.41, 5.74) is 0. The Morgan fingerprint density at radius 2 is 1.42 bits per heavy atom. The second kappa shape index (κ2) is 18.9. The lowest BCUT2D eigenvalue weighted by molar-refractivity contribution is 0.569. The van der Waals surface area contributed by atoms with Gasteiger partial charge in [-0.15, -0.1) is 0 Å². The van der Waals surface area contributed by atoms with Crippen molar-refractivity contribution < 1.29 is 0 Å². The van der Waals surface area contributed by atoms with Crippen LogP contribution in [0.5, 0.6) is 0 Å². The van der Waals surface area contributed by atoms with Crippen molar-refractivity contribution in [2.75, 3.05) is 26.2 Å². The molecule has 0 bridgehead atoms. The number of unbranched alkanes of at least 4 members (excludes halogenated alkanes) is 12. The fourth-order valence-electron chi connectivity index (χ4n) is 3.44. The molecule has 1 aliphatic rings. The SMILES string of the molecule is CCCCCCCC/C=C\CCCCCCCCNCCC1=NCCN1. The molecule has 0 saturated heterocycles. The highest BCUT2D eigenvalue weighted by molar-refractivity contribution is 5.83. The molecule has 0 aromatic heterocycles. The smallest absolute Gasteiger partial charge is 0.0977 e. The van der Waals surface area contributed by atoms with Gasteiger partial charge in [-0.3, -0.25) is 4.99 Å². The number of hydrogen-bond donors (Lipinski definition) is 2. The van der Waals surface area contributed by atoms with Crippen LogP contribution >= 0.6 is 0 Å². The molecule has 0 unspecified atom stereocenters. The topological polar surface area (TPSA) is 36.4 Å². The highest BCUT2D eigenvalue weighted by Gasteiger charge is 2.03. The van der Waals surface area contributed by atoms with Gasteiger partial charge in [0.25, 0.3) is 0 Å². The molecule has 0 radical (unpaired) electrons. The molecule has 0 spiro atoms. The Bertz CT molecular complexity index is 349. The van der Waals surface area contributed by atoms with Crippen molar-refractivity contribution >= 4 is 5.84 Å². The maximum absolute atomic E-state index is 4.41. The molecule has 0 amide bonds. The lowest BCUT2D eigenvalue weighted by atomic mass is 10.1. The van der Waals surface area contributed by atoms with Gasteiger partial charge in [0.2, 0.25) is 0 Å². The van der Waals surface area contributed by atoms with Gasteiger partial charge in [0.15, 0.2) is 0 Å². The van der Waals surface area contributed by atoms with Crippen LogP contribution in [0.15, 0.2) is 17.1 Å². The van der Waals surface area contributed by atoms with Gasteiger partial charge in [-0.05, 0) is 38.6 Å². The second-order valence-electron chi connectivity index (χ2n) is 7.69. The van der Waals surface area contributed by atoms with Crippen molar-refractivity contribution in [1.82, 2.24) is 10.6 Å². The summed E-state index contributed by atoms with van der Waals surface area (Å²) in [7, 11) is 0. The number of nitrogens with one attached hydrogen (secondary N) is 2. The predicted molar refractivity (Wildman–Crippen MR) is 117 cm³/mol. The first-order valence-corrected chi connectivity index (χ1v) is 11.6. The Labute approximate surface area is 163 Å². The molecule has 0 aliphatic carbocycles. The van der Waals surface area contributed by atoms with Crippen molar-refractivity contribution in [2.45, 2.75) is 103 Å². The van der Waals surface area contributed by atoms with Crippen LogP contribution in [-0.4, -0.2) is 32.0 Å². The van der Waals surface area contributed by atoms with Gasteiger partial charge in [0.05, 0.1) is 12.4 Å². The minimum Gasteiger partial charge on any atom is -0.372 e. The summed E-state index contributed by atoms with van der Waals surface area (Å²) in [5.74, 6) is 1.19. The van der Waals surface area contributed by atoms with Gasteiger partial charge in [-0.1, -0.05) is 76.9 Å². The highest BCUT2D eigenvalue weighted by atomic mass is 15.1. The molecule has 1 aliphatic heterocycles. The molecule has 0 saturated carbocycles. The summed E-state index contributed by atoms with van der Waals surface area (Å²) in [6.07, 6.45) is 25.2. The van der Waals surface area contributed by atoms with Crippen LogP contribution < -0.4 is 10.6 Å². The zero-order valence-corrected chi connectivity index (χ0v) is 17.5. The van der Waals surface area contributed by atoms with Gasteiger partial charge in [0, 0.05) is 19.5 Å². The van der Waals surface area contributed by atoms with E-state index in [4.69, 9.17) is 0 Å². The molecule has 1 heterocycles. The zero-order chi connectivity index (χ0) is 18.5. The third-order valence-electron chi connectivity index (χ3n) is 5.15. The van der Waals surface area contributed by atoms with Crippen molar-refractivity contribution in [1.29, 1.82) is 0 Å². The molecule has 2 N–H and O–H groups in total. The molecular weight excluding hydrogens is 318 g/mol. The Hall–Kier alpha value is -0.830. The summed E-state index contributed by atoms with van der Waals surface area (Å²) in [6.45, 7) is 6.51. The molecule has 152 valence electrons. The largest absolute Gasteiger partial charge is 0.372 e. The van der Waals surface area contributed by atoms with Crippen LogP contribution in [0.1, 0.15) is 103 Å². The Balaban J connectivity index is 1.68. The van der Waals surface area contributed by atoms with Gasteiger partial charge in [0.1, 0.15) is 0 Å². The summed E-state index contributed by atoms with van der Waals surface area (Å²) >= 11 is 0. The average molecular weight is 364 g/mol. The highest BCUT2D eigenvalue weighted by Crippen LogP contribution is 2.09. The number of aliphatic imine (C=N–C) groups is 1. The monoisotopic (exact) mass is 363 g/mol. The van der Waals surface area contributed by atoms with Crippen molar-refractivity contribution in [2.24, 2.45) is 4.99 Å². The van der Waals surface area contributed by atoms with E-state index in [1.807, 2.05) is 0 Å². The van der Waals surface area contributed by atoms with E-state index in [0.717, 1.165) is 32.6 Å². The van der Waals surface area contributed by atoms with Crippen molar-refractivity contribution in [3.05, 3.63) is 12.2 Å². The number of nitrogens with zero attached hydrogens (tertiary/aromatic N) is 1. The van der Waals surface area contributed by atoms with E-state index in [-0.39, 0.29) is 0 Å². The first kappa shape index (κ1) is 23.2. The molecule has 3 nitrogen and oxygen atoms in total. The third kappa shape index (κ3) is 15.4. The van der Waals surface area contributed by atoms with Gasteiger partial charge < -0.3 is 10.6 Å². The number of rotatable bonds is 19. The van der Waals surface area contributed by atoms with Gasteiger partial charge in [-0.25, -0.2) is 0 Å². The van der Waals surface area contributed by atoms with Crippen LogP contribution in [0.4, 0.5) is 0 Å². The molecule has 1 rings (SSSR count). The molecule has 0 aromatic rings. The molecular formula is C23H45N3. The van der Waals surface area contributed by atoms with Crippen LogP contribution in [0.2, 0.25) is 0 Å². The van der Waals surface area contributed by atoms with E-state index in [1.165, 1.54) is 95.7 Å². The first-order valence-electron chi connectivity index (χ1n) is 11.6. The van der Waals surface area contributed by atoms with E-state index < -0.39 is 0 Å². The second-order valence-corrected chi connectivity index (χ2v) is 7.69. The fraction of sp³-hybridized carbons (Fsp3) is 0.870. The van der Waals surface area contributed by atoms with Crippen LogP contribution in [0.3, 0.4) is 0 Å².